The Morgan fingerprint density at radius 2 is 2.17 bits per heavy atom. The summed E-state index contributed by atoms with van der Waals surface area (Å²) in [5, 5.41) is 3.49. The van der Waals surface area contributed by atoms with Crippen molar-refractivity contribution < 1.29 is 0 Å². The van der Waals surface area contributed by atoms with E-state index < -0.39 is 0 Å². The molecule has 0 aromatic carbocycles. The molecule has 3 heteroatoms. The Morgan fingerprint density at radius 3 is 3.00 bits per heavy atom. The molecular formula is C15H27N3. The molecule has 0 radical (unpaired) electrons. The van der Waals surface area contributed by atoms with E-state index in [1.807, 2.05) is 12.5 Å². The molecule has 102 valence electrons. The van der Waals surface area contributed by atoms with Gasteiger partial charge in [-0.15, -0.1) is 0 Å². The Labute approximate surface area is 111 Å². The largest absolute Gasteiger partial charge is 0.330 e. The second-order valence-corrected chi connectivity index (χ2v) is 5.65. The minimum Gasteiger partial charge on any atom is -0.330 e. The van der Waals surface area contributed by atoms with Gasteiger partial charge in [-0.3, -0.25) is 0 Å². The summed E-state index contributed by atoms with van der Waals surface area (Å²) >= 11 is 0. The van der Waals surface area contributed by atoms with Gasteiger partial charge in [0.15, 0.2) is 0 Å². The standard InChI is InChI=1S/C15H27N3/c1-3-9-16-10-14-11-17-12-18(14)15-8-6-4-5-7-13(15)2/h11-13,15-16H,3-10H2,1-2H3. The molecule has 0 aliphatic heterocycles. The Hall–Kier alpha value is -0.830. The molecule has 3 nitrogen and oxygen atoms in total. The normalized spacial score (nSPS) is 25.0. The van der Waals surface area contributed by atoms with Crippen molar-refractivity contribution >= 4 is 0 Å². The lowest BCUT2D eigenvalue weighted by atomic mass is 9.96. The van der Waals surface area contributed by atoms with Crippen molar-refractivity contribution in [3.05, 3.63) is 18.2 Å². The van der Waals surface area contributed by atoms with Crippen LogP contribution in [0.25, 0.3) is 0 Å². The van der Waals surface area contributed by atoms with Gasteiger partial charge in [0.05, 0.1) is 12.0 Å². The third-order valence-corrected chi connectivity index (χ3v) is 4.15. The van der Waals surface area contributed by atoms with Gasteiger partial charge in [-0.2, -0.15) is 0 Å². The van der Waals surface area contributed by atoms with Gasteiger partial charge in [-0.1, -0.05) is 33.1 Å². The fourth-order valence-electron chi connectivity index (χ4n) is 3.05. The summed E-state index contributed by atoms with van der Waals surface area (Å²) in [5.74, 6) is 0.784. The van der Waals surface area contributed by atoms with E-state index in [1.54, 1.807) is 0 Å². The smallest absolute Gasteiger partial charge is 0.0951 e. The first-order valence-corrected chi connectivity index (χ1v) is 7.54. The van der Waals surface area contributed by atoms with Crippen LogP contribution in [0.4, 0.5) is 0 Å². The Kier molecular flexibility index (Phi) is 5.24. The van der Waals surface area contributed by atoms with E-state index in [4.69, 9.17) is 0 Å². The fraction of sp³-hybridized carbons (Fsp3) is 0.800. The number of nitrogens with zero attached hydrogens (tertiary/aromatic N) is 2. The van der Waals surface area contributed by atoms with E-state index >= 15 is 0 Å². The summed E-state index contributed by atoms with van der Waals surface area (Å²) < 4.78 is 2.43. The zero-order valence-corrected chi connectivity index (χ0v) is 11.9. The maximum atomic E-state index is 4.36. The summed E-state index contributed by atoms with van der Waals surface area (Å²) in [7, 11) is 0. The van der Waals surface area contributed by atoms with Crippen molar-refractivity contribution in [1.82, 2.24) is 14.9 Å². The van der Waals surface area contributed by atoms with E-state index in [1.165, 1.54) is 44.2 Å². The highest BCUT2D eigenvalue weighted by Gasteiger charge is 2.22. The molecule has 0 amide bonds. The van der Waals surface area contributed by atoms with Gasteiger partial charge >= 0.3 is 0 Å². The zero-order chi connectivity index (χ0) is 12.8. The van der Waals surface area contributed by atoms with Crippen LogP contribution in [0.15, 0.2) is 12.5 Å². The van der Waals surface area contributed by atoms with Gasteiger partial charge in [0.1, 0.15) is 0 Å². The Bertz CT molecular complexity index is 345. The number of imidazole rings is 1. The van der Waals surface area contributed by atoms with Gasteiger partial charge in [-0.25, -0.2) is 4.98 Å². The minimum absolute atomic E-state index is 0.661. The molecule has 1 aromatic rings. The van der Waals surface area contributed by atoms with Crippen LogP contribution in [0.1, 0.15) is 64.1 Å². The van der Waals surface area contributed by atoms with E-state index in [-0.39, 0.29) is 0 Å². The maximum absolute atomic E-state index is 4.36. The molecule has 2 unspecified atom stereocenters. The third kappa shape index (κ3) is 3.35. The van der Waals surface area contributed by atoms with E-state index in [0.29, 0.717) is 6.04 Å². The molecule has 1 aromatic heterocycles. The quantitative estimate of drug-likeness (QED) is 0.639. The van der Waals surface area contributed by atoms with Crippen LogP contribution in [0, 0.1) is 5.92 Å². The Balaban J connectivity index is 2.04. The van der Waals surface area contributed by atoms with Crippen molar-refractivity contribution in [2.24, 2.45) is 5.92 Å². The SMILES string of the molecule is CCCNCc1cncn1C1CCCCCC1C. The van der Waals surface area contributed by atoms with Crippen LogP contribution in [0.2, 0.25) is 0 Å². The molecule has 1 heterocycles. The number of nitrogens with one attached hydrogen (secondary N) is 1. The molecule has 18 heavy (non-hydrogen) atoms. The lowest BCUT2D eigenvalue weighted by molar-refractivity contribution is 0.325. The summed E-state index contributed by atoms with van der Waals surface area (Å²) in [6, 6.07) is 0.661. The van der Waals surface area contributed by atoms with Crippen LogP contribution in [0.3, 0.4) is 0 Å². The van der Waals surface area contributed by atoms with Gasteiger partial charge in [0.2, 0.25) is 0 Å². The Morgan fingerprint density at radius 1 is 1.33 bits per heavy atom. The van der Waals surface area contributed by atoms with E-state index in [2.05, 4.69) is 28.7 Å². The van der Waals surface area contributed by atoms with E-state index in [0.717, 1.165) is 19.0 Å². The predicted octanol–water partition coefficient (Wildman–Crippen LogP) is 3.52. The first-order chi connectivity index (χ1) is 8.83. The van der Waals surface area contributed by atoms with Gasteiger partial charge in [0, 0.05) is 18.8 Å². The minimum atomic E-state index is 0.661. The average molecular weight is 249 g/mol. The van der Waals surface area contributed by atoms with Gasteiger partial charge < -0.3 is 9.88 Å². The molecule has 2 rings (SSSR count). The molecule has 1 aliphatic rings. The molecule has 2 atom stereocenters. The zero-order valence-electron chi connectivity index (χ0n) is 11.9. The summed E-state index contributed by atoms with van der Waals surface area (Å²) in [4.78, 5) is 4.36. The number of aromatic nitrogens is 2. The molecular weight excluding hydrogens is 222 g/mol. The first-order valence-electron chi connectivity index (χ1n) is 7.54. The highest BCUT2D eigenvalue weighted by atomic mass is 15.1. The average Bonchev–Trinajstić information content (AvgIpc) is 2.72. The molecule has 0 bridgehead atoms. The fourth-order valence-corrected chi connectivity index (χ4v) is 3.05. The molecule has 1 N–H and O–H groups in total. The van der Waals surface area contributed by atoms with Crippen molar-refractivity contribution in [2.75, 3.05) is 6.54 Å². The van der Waals surface area contributed by atoms with Crippen molar-refractivity contribution in [3.63, 3.8) is 0 Å². The van der Waals surface area contributed by atoms with Crippen LogP contribution in [0.5, 0.6) is 0 Å². The van der Waals surface area contributed by atoms with Crippen LogP contribution < -0.4 is 5.32 Å². The molecule has 1 aliphatic carbocycles. The summed E-state index contributed by atoms with van der Waals surface area (Å²) in [6.45, 7) is 6.65. The maximum Gasteiger partial charge on any atom is 0.0951 e. The lowest BCUT2D eigenvalue weighted by Gasteiger charge is -2.25. The monoisotopic (exact) mass is 249 g/mol. The molecule has 1 fully saturated rings. The van der Waals surface area contributed by atoms with Gasteiger partial charge in [0.25, 0.3) is 0 Å². The van der Waals surface area contributed by atoms with Crippen molar-refractivity contribution in [3.8, 4) is 0 Å². The third-order valence-electron chi connectivity index (χ3n) is 4.15. The highest BCUT2D eigenvalue weighted by molar-refractivity contribution is 5.01. The predicted molar refractivity (Wildman–Crippen MR) is 75.5 cm³/mol. The number of rotatable bonds is 5. The topological polar surface area (TPSA) is 29.9 Å². The van der Waals surface area contributed by atoms with Crippen molar-refractivity contribution in [1.29, 1.82) is 0 Å². The van der Waals surface area contributed by atoms with Crippen LogP contribution >= 0.6 is 0 Å². The summed E-state index contributed by atoms with van der Waals surface area (Å²) in [5.41, 5.74) is 1.35. The lowest BCUT2D eigenvalue weighted by Crippen LogP contribution is -2.21. The second-order valence-electron chi connectivity index (χ2n) is 5.65. The highest BCUT2D eigenvalue weighted by Crippen LogP contribution is 2.32. The molecule has 0 saturated heterocycles. The number of hydrogen-bond donors (Lipinski definition) is 1. The van der Waals surface area contributed by atoms with Crippen molar-refractivity contribution in [2.45, 2.75) is 65.0 Å². The second kappa shape index (κ2) is 6.93. The van der Waals surface area contributed by atoms with Crippen LogP contribution in [-0.2, 0) is 6.54 Å². The molecule has 1 saturated carbocycles. The summed E-state index contributed by atoms with van der Waals surface area (Å²) in [6.07, 6.45) is 12.1. The molecule has 0 spiro atoms. The number of hydrogen-bond acceptors (Lipinski definition) is 2. The van der Waals surface area contributed by atoms with E-state index in [9.17, 15) is 0 Å². The van der Waals surface area contributed by atoms with Crippen LogP contribution in [-0.4, -0.2) is 16.1 Å². The van der Waals surface area contributed by atoms with Gasteiger partial charge in [-0.05, 0) is 31.7 Å². The first kappa shape index (κ1) is 13.6.